The molecule has 222 valence electrons. The molecule has 10 rings (SSSR count). The van der Waals surface area contributed by atoms with E-state index in [1.165, 1.54) is 65.3 Å². The molecule has 2 aromatic heterocycles. The third kappa shape index (κ3) is 4.13. The van der Waals surface area contributed by atoms with E-state index in [0.717, 1.165) is 33.1 Å². The van der Waals surface area contributed by atoms with E-state index in [1.807, 2.05) is 12.3 Å². The third-order valence-electron chi connectivity index (χ3n) is 9.85. The van der Waals surface area contributed by atoms with E-state index >= 15 is 0 Å². The first kappa shape index (κ1) is 26.8. The zero-order valence-corrected chi connectivity index (χ0v) is 26.1. The number of hydrogen-bond acceptors (Lipinski definition) is 2. The van der Waals surface area contributed by atoms with E-state index < -0.39 is 0 Å². The summed E-state index contributed by atoms with van der Waals surface area (Å²) in [7, 11) is 0. The molecule has 2 heterocycles. The number of pyridine rings is 2. The molecule has 0 aliphatic heterocycles. The van der Waals surface area contributed by atoms with Crippen LogP contribution in [0.25, 0.3) is 98.4 Å². The molecule has 0 saturated carbocycles. The molecule has 0 radical (unpaired) electrons. The molecule has 0 saturated heterocycles. The summed E-state index contributed by atoms with van der Waals surface area (Å²) >= 11 is 0. The van der Waals surface area contributed by atoms with Crippen molar-refractivity contribution in [2.24, 2.45) is 0 Å². The molecular weight excluding hydrogens is 581 g/mol. The van der Waals surface area contributed by atoms with Gasteiger partial charge in [0.2, 0.25) is 0 Å². The third-order valence-corrected chi connectivity index (χ3v) is 9.85. The maximum absolute atomic E-state index is 5.25. The largest absolute Gasteiger partial charge is 0.254 e. The highest BCUT2D eigenvalue weighted by atomic mass is 14.7. The number of fused-ring (bicyclic) bond motifs is 7. The van der Waals surface area contributed by atoms with Gasteiger partial charge in [-0.3, -0.25) is 4.98 Å². The molecule has 0 bridgehead atoms. The Bertz CT molecular complexity index is 2900. The molecule has 2 nitrogen and oxygen atoms in total. The molecule has 0 spiro atoms. The van der Waals surface area contributed by atoms with Crippen LogP contribution in [0.1, 0.15) is 0 Å². The highest BCUT2D eigenvalue weighted by Gasteiger charge is 2.19. The second kappa shape index (κ2) is 10.6. The van der Waals surface area contributed by atoms with Gasteiger partial charge in [0.1, 0.15) is 0 Å². The lowest BCUT2D eigenvalue weighted by atomic mass is 9.83. The number of benzene rings is 8. The summed E-state index contributed by atoms with van der Waals surface area (Å²) in [6, 6.07) is 59.3. The lowest BCUT2D eigenvalue weighted by Crippen LogP contribution is -1.93. The van der Waals surface area contributed by atoms with Gasteiger partial charge in [-0.2, -0.15) is 0 Å². The predicted molar refractivity (Wildman–Crippen MR) is 203 cm³/mol. The van der Waals surface area contributed by atoms with E-state index in [0.29, 0.717) is 0 Å². The molecule has 10 aromatic rings. The molecular formula is C46H28N2. The average Bonchev–Trinajstić information content (AvgIpc) is 3.16. The van der Waals surface area contributed by atoms with Crippen molar-refractivity contribution in [3.8, 4) is 33.5 Å². The van der Waals surface area contributed by atoms with Crippen molar-refractivity contribution >= 4 is 64.9 Å². The van der Waals surface area contributed by atoms with E-state index in [9.17, 15) is 0 Å². The van der Waals surface area contributed by atoms with Crippen molar-refractivity contribution in [1.82, 2.24) is 9.97 Å². The number of hydrogen-bond donors (Lipinski definition) is 0. The minimum atomic E-state index is 0.926. The van der Waals surface area contributed by atoms with Crippen LogP contribution in [0, 0.1) is 0 Å². The van der Waals surface area contributed by atoms with Crippen LogP contribution in [0.5, 0.6) is 0 Å². The maximum atomic E-state index is 5.25. The second-order valence-electron chi connectivity index (χ2n) is 12.6. The Morgan fingerprint density at radius 3 is 1.83 bits per heavy atom. The van der Waals surface area contributed by atoms with E-state index in [-0.39, 0.29) is 0 Å². The molecule has 0 N–H and O–H groups in total. The molecule has 0 unspecified atom stereocenters. The Morgan fingerprint density at radius 2 is 0.958 bits per heavy atom. The SMILES string of the molecule is c1ccc2cc(-c3c4ccccc4c(-c4cccc5ccccc45)c4ccc(-c5ccc6ccc7cccnc7c6n5)cc34)ccc2c1. The van der Waals surface area contributed by atoms with Gasteiger partial charge in [0.25, 0.3) is 0 Å². The van der Waals surface area contributed by atoms with Gasteiger partial charge in [0.05, 0.1) is 16.7 Å². The van der Waals surface area contributed by atoms with Gasteiger partial charge >= 0.3 is 0 Å². The summed E-state index contributed by atoms with van der Waals surface area (Å²) in [5.41, 5.74) is 8.83. The molecule has 0 fully saturated rings. The van der Waals surface area contributed by atoms with Crippen molar-refractivity contribution in [1.29, 1.82) is 0 Å². The van der Waals surface area contributed by atoms with Gasteiger partial charge in [-0.05, 0) is 89.6 Å². The molecule has 0 atom stereocenters. The number of rotatable bonds is 3. The number of nitrogens with zero attached hydrogens (tertiary/aromatic N) is 2. The predicted octanol–water partition coefficient (Wildman–Crippen LogP) is 12.4. The van der Waals surface area contributed by atoms with Crippen LogP contribution in [0.2, 0.25) is 0 Å². The Morgan fingerprint density at radius 1 is 0.333 bits per heavy atom. The zero-order valence-electron chi connectivity index (χ0n) is 26.1. The fourth-order valence-electron chi connectivity index (χ4n) is 7.61. The second-order valence-corrected chi connectivity index (χ2v) is 12.6. The Labute approximate surface area is 277 Å². The van der Waals surface area contributed by atoms with Crippen LogP contribution in [0.4, 0.5) is 0 Å². The Kier molecular flexibility index (Phi) is 5.91. The van der Waals surface area contributed by atoms with Crippen LogP contribution in [0.3, 0.4) is 0 Å². The van der Waals surface area contributed by atoms with Crippen molar-refractivity contribution in [3.05, 3.63) is 170 Å². The van der Waals surface area contributed by atoms with E-state index in [4.69, 9.17) is 9.97 Å². The molecule has 8 aromatic carbocycles. The first-order valence-electron chi connectivity index (χ1n) is 16.4. The minimum Gasteiger partial charge on any atom is -0.254 e. The molecule has 2 heteroatoms. The number of aromatic nitrogens is 2. The van der Waals surface area contributed by atoms with Crippen molar-refractivity contribution in [2.75, 3.05) is 0 Å². The van der Waals surface area contributed by atoms with E-state index in [2.05, 4.69) is 158 Å². The van der Waals surface area contributed by atoms with Crippen molar-refractivity contribution in [2.45, 2.75) is 0 Å². The quantitative estimate of drug-likeness (QED) is 0.147. The topological polar surface area (TPSA) is 25.8 Å². The molecule has 0 aliphatic carbocycles. The van der Waals surface area contributed by atoms with Gasteiger partial charge in [-0.1, -0.05) is 140 Å². The lowest BCUT2D eigenvalue weighted by molar-refractivity contribution is 1.37. The lowest BCUT2D eigenvalue weighted by Gasteiger charge is -2.20. The highest BCUT2D eigenvalue weighted by molar-refractivity contribution is 6.24. The summed E-state index contributed by atoms with van der Waals surface area (Å²) in [5, 5.41) is 12.1. The molecule has 0 amide bonds. The summed E-state index contributed by atoms with van der Waals surface area (Å²) in [4.78, 5) is 9.96. The maximum Gasteiger partial charge on any atom is 0.0972 e. The van der Waals surface area contributed by atoms with Crippen LogP contribution >= 0.6 is 0 Å². The minimum absolute atomic E-state index is 0.926. The molecule has 48 heavy (non-hydrogen) atoms. The summed E-state index contributed by atoms with van der Waals surface area (Å²) in [5.74, 6) is 0. The summed E-state index contributed by atoms with van der Waals surface area (Å²) in [6.45, 7) is 0. The standard InChI is InChI=1S/C46H28N2/c1-2-11-33-27-35(21-18-29(33)9-1)43-38-15-5-6-16-39(38)44(37-17-7-12-30-10-3-4-14-36(30)37)40-24-22-34(28-41(40)43)42-25-23-32-20-19-31-13-8-26-47-45(31)46(32)48-42/h1-28H. The van der Waals surface area contributed by atoms with Crippen molar-refractivity contribution < 1.29 is 0 Å². The first-order chi connectivity index (χ1) is 23.8. The van der Waals surface area contributed by atoms with Gasteiger partial charge in [-0.25, -0.2) is 4.98 Å². The van der Waals surface area contributed by atoms with Crippen LogP contribution in [-0.4, -0.2) is 9.97 Å². The highest BCUT2D eigenvalue weighted by Crippen LogP contribution is 2.46. The summed E-state index contributed by atoms with van der Waals surface area (Å²) in [6.07, 6.45) is 1.85. The smallest absolute Gasteiger partial charge is 0.0972 e. The fourth-order valence-corrected chi connectivity index (χ4v) is 7.61. The first-order valence-corrected chi connectivity index (χ1v) is 16.4. The van der Waals surface area contributed by atoms with Crippen molar-refractivity contribution in [3.63, 3.8) is 0 Å². The Hall–Kier alpha value is -6.38. The normalized spacial score (nSPS) is 11.8. The Balaban J connectivity index is 1.32. The van der Waals surface area contributed by atoms with E-state index in [1.54, 1.807) is 0 Å². The molecule has 0 aliphatic rings. The van der Waals surface area contributed by atoms with Crippen LogP contribution in [-0.2, 0) is 0 Å². The average molecular weight is 609 g/mol. The zero-order chi connectivity index (χ0) is 31.6. The van der Waals surface area contributed by atoms with Gasteiger partial charge in [0, 0.05) is 22.5 Å². The van der Waals surface area contributed by atoms with Gasteiger partial charge in [-0.15, -0.1) is 0 Å². The summed E-state index contributed by atoms with van der Waals surface area (Å²) < 4.78 is 0. The van der Waals surface area contributed by atoms with Crippen LogP contribution in [0.15, 0.2) is 170 Å². The van der Waals surface area contributed by atoms with Crippen LogP contribution < -0.4 is 0 Å². The van der Waals surface area contributed by atoms with Gasteiger partial charge < -0.3 is 0 Å². The monoisotopic (exact) mass is 608 g/mol. The van der Waals surface area contributed by atoms with Gasteiger partial charge in [0.15, 0.2) is 0 Å². The fraction of sp³-hybridized carbons (Fsp3) is 0.